The average Bonchev–Trinajstić information content (AvgIpc) is 3.06. The summed E-state index contributed by atoms with van der Waals surface area (Å²) in [6.07, 6.45) is 0.321. The van der Waals surface area contributed by atoms with Gasteiger partial charge in [0, 0.05) is 22.6 Å². The highest BCUT2D eigenvalue weighted by molar-refractivity contribution is 7.91. The lowest BCUT2D eigenvalue weighted by atomic mass is 9.90. The van der Waals surface area contributed by atoms with Crippen molar-refractivity contribution in [2.24, 2.45) is 0 Å². The topological polar surface area (TPSA) is 63.2 Å². The summed E-state index contributed by atoms with van der Waals surface area (Å²) in [5.41, 5.74) is 2.58. The van der Waals surface area contributed by atoms with Crippen LogP contribution < -0.4 is 5.32 Å². The minimum absolute atomic E-state index is 0.122. The van der Waals surface area contributed by atoms with Gasteiger partial charge in [-0.3, -0.25) is 4.79 Å². The van der Waals surface area contributed by atoms with Crippen LogP contribution >= 0.6 is 11.3 Å². The molecule has 1 aliphatic heterocycles. The van der Waals surface area contributed by atoms with Crippen molar-refractivity contribution in [3.63, 3.8) is 0 Å². The van der Waals surface area contributed by atoms with Crippen LogP contribution in [0.2, 0.25) is 0 Å². The van der Waals surface area contributed by atoms with E-state index in [0.29, 0.717) is 12.1 Å². The molecule has 4 rings (SSSR count). The summed E-state index contributed by atoms with van der Waals surface area (Å²) in [5.74, 6) is -0.282. The van der Waals surface area contributed by atoms with Crippen LogP contribution in [-0.2, 0) is 14.6 Å². The van der Waals surface area contributed by atoms with Gasteiger partial charge in [0.15, 0.2) is 0 Å². The molecule has 0 bridgehead atoms. The average molecular weight is 383 g/mol. The molecular weight excluding hydrogens is 366 g/mol. The highest BCUT2D eigenvalue weighted by atomic mass is 32.2. The number of rotatable bonds is 3. The zero-order valence-corrected chi connectivity index (χ0v) is 15.7. The van der Waals surface area contributed by atoms with Crippen molar-refractivity contribution in [2.45, 2.75) is 29.1 Å². The minimum atomic E-state index is -3.68. The molecule has 26 heavy (non-hydrogen) atoms. The summed E-state index contributed by atoms with van der Waals surface area (Å²) >= 11 is 1.39. The third kappa shape index (κ3) is 2.85. The maximum atomic E-state index is 13.0. The van der Waals surface area contributed by atoms with Crippen molar-refractivity contribution in [1.29, 1.82) is 0 Å². The smallest absolute Gasteiger partial charge is 0.225 e. The normalized spacial score (nSPS) is 16.8. The lowest BCUT2D eigenvalue weighted by molar-refractivity contribution is -0.116. The first kappa shape index (κ1) is 17.0. The molecule has 1 aromatic heterocycles. The molecule has 0 unspecified atom stereocenters. The van der Waals surface area contributed by atoms with Crippen LogP contribution in [-0.4, -0.2) is 14.3 Å². The monoisotopic (exact) mass is 383 g/mol. The van der Waals surface area contributed by atoms with Gasteiger partial charge < -0.3 is 5.32 Å². The summed E-state index contributed by atoms with van der Waals surface area (Å²) < 4.78 is 26.1. The first-order chi connectivity index (χ1) is 12.5. The highest BCUT2D eigenvalue weighted by Crippen LogP contribution is 2.45. The Morgan fingerprint density at radius 3 is 2.58 bits per heavy atom. The molecule has 0 radical (unpaired) electrons. The van der Waals surface area contributed by atoms with E-state index in [2.05, 4.69) is 11.4 Å². The van der Waals surface area contributed by atoms with Crippen molar-refractivity contribution >= 4 is 32.8 Å². The van der Waals surface area contributed by atoms with E-state index in [-0.39, 0.29) is 21.6 Å². The third-order valence-electron chi connectivity index (χ3n) is 4.54. The van der Waals surface area contributed by atoms with Gasteiger partial charge >= 0.3 is 0 Å². The first-order valence-electron chi connectivity index (χ1n) is 8.25. The second-order valence-corrected chi connectivity index (χ2v) is 9.20. The number of thiophene rings is 1. The van der Waals surface area contributed by atoms with E-state index in [1.807, 2.05) is 25.1 Å². The largest absolute Gasteiger partial charge is 0.324 e. The fraction of sp³-hybridized carbons (Fsp3) is 0.150. The number of hydrogen-bond acceptors (Lipinski definition) is 4. The van der Waals surface area contributed by atoms with E-state index in [1.165, 1.54) is 11.3 Å². The van der Waals surface area contributed by atoms with Crippen LogP contribution in [0, 0.1) is 6.92 Å². The molecule has 0 saturated carbocycles. The van der Waals surface area contributed by atoms with Crippen LogP contribution in [0.3, 0.4) is 0 Å². The molecule has 2 aromatic carbocycles. The molecule has 0 aliphatic carbocycles. The Morgan fingerprint density at radius 1 is 1.08 bits per heavy atom. The summed E-state index contributed by atoms with van der Waals surface area (Å²) in [4.78, 5) is 13.6. The number of amides is 1. The fourth-order valence-electron chi connectivity index (χ4n) is 3.28. The van der Waals surface area contributed by atoms with E-state index in [1.54, 1.807) is 35.7 Å². The molecule has 1 N–H and O–H groups in total. The molecule has 1 atom stereocenters. The van der Waals surface area contributed by atoms with Gasteiger partial charge in [-0.1, -0.05) is 48.0 Å². The van der Waals surface area contributed by atoms with E-state index in [9.17, 15) is 13.2 Å². The maximum Gasteiger partial charge on any atom is 0.225 e. The second kappa shape index (κ2) is 6.37. The zero-order valence-electron chi connectivity index (χ0n) is 14.1. The number of sulfone groups is 1. The maximum absolute atomic E-state index is 13.0. The van der Waals surface area contributed by atoms with E-state index in [4.69, 9.17) is 0 Å². The number of benzene rings is 2. The van der Waals surface area contributed by atoms with Gasteiger partial charge in [-0.2, -0.15) is 0 Å². The molecule has 0 fully saturated rings. The van der Waals surface area contributed by atoms with Gasteiger partial charge in [0.1, 0.15) is 4.90 Å². The molecule has 4 nitrogen and oxygen atoms in total. The molecule has 1 aliphatic rings. The number of nitrogens with one attached hydrogen (secondary N) is 1. The Morgan fingerprint density at radius 2 is 1.85 bits per heavy atom. The summed E-state index contributed by atoms with van der Waals surface area (Å²) in [6.45, 7) is 2.01. The highest BCUT2D eigenvalue weighted by Gasteiger charge is 2.34. The Balaban J connectivity index is 1.85. The number of aryl methyl sites for hydroxylation is 1. The summed E-state index contributed by atoms with van der Waals surface area (Å²) in [7, 11) is -3.68. The Labute approximate surface area is 156 Å². The molecule has 2 heterocycles. The van der Waals surface area contributed by atoms with Gasteiger partial charge in [0.25, 0.3) is 0 Å². The Hall–Kier alpha value is -2.44. The van der Waals surface area contributed by atoms with Gasteiger partial charge in [0.2, 0.25) is 15.7 Å². The van der Waals surface area contributed by atoms with Crippen molar-refractivity contribution in [3.05, 3.63) is 76.0 Å². The fourth-order valence-corrected chi connectivity index (χ4v) is 6.21. The number of fused-ring (bicyclic) bond motifs is 1. The SMILES string of the molecule is Cc1cccc([C@@H]2CC(=O)Nc3c(S(=O)(=O)c4ccccc4)csc32)c1. The van der Waals surface area contributed by atoms with Gasteiger partial charge in [0.05, 0.1) is 10.6 Å². The van der Waals surface area contributed by atoms with Gasteiger partial charge in [-0.15, -0.1) is 11.3 Å². The molecule has 0 spiro atoms. The molecule has 1 amide bonds. The van der Waals surface area contributed by atoms with Crippen molar-refractivity contribution < 1.29 is 13.2 Å². The van der Waals surface area contributed by atoms with Crippen LogP contribution in [0.25, 0.3) is 0 Å². The Bertz CT molecular complexity index is 1090. The van der Waals surface area contributed by atoms with E-state index >= 15 is 0 Å². The van der Waals surface area contributed by atoms with E-state index in [0.717, 1.165) is 16.0 Å². The molecule has 3 aromatic rings. The zero-order chi connectivity index (χ0) is 18.3. The summed E-state index contributed by atoms with van der Waals surface area (Å²) in [6, 6.07) is 16.3. The van der Waals surface area contributed by atoms with E-state index < -0.39 is 9.84 Å². The predicted molar refractivity (Wildman–Crippen MR) is 102 cm³/mol. The van der Waals surface area contributed by atoms with Crippen LogP contribution in [0.15, 0.2) is 69.8 Å². The van der Waals surface area contributed by atoms with Crippen LogP contribution in [0.1, 0.15) is 28.3 Å². The van der Waals surface area contributed by atoms with Crippen LogP contribution in [0.5, 0.6) is 0 Å². The molecule has 0 saturated heterocycles. The van der Waals surface area contributed by atoms with Gasteiger partial charge in [-0.05, 0) is 24.6 Å². The lowest BCUT2D eigenvalue weighted by Crippen LogP contribution is -2.23. The van der Waals surface area contributed by atoms with Gasteiger partial charge in [-0.25, -0.2) is 8.42 Å². The standard InChI is InChI=1S/C20H17NO3S2/c1-13-6-5-7-14(10-13)16-11-18(22)21-19-17(12-25-20(16)19)26(23,24)15-8-3-2-4-9-15/h2-10,12,16H,11H2,1H3,(H,21,22)/t16-/m0/s1. The number of hydrogen-bond donors (Lipinski definition) is 1. The van der Waals surface area contributed by atoms with Crippen molar-refractivity contribution in [2.75, 3.05) is 5.32 Å². The second-order valence-electron chi connectivity index (χ2n) is 6.37. The number of carbonyl (C=O) groups excluding carboxylic acids is 1. The van der Waals surface area contributed by atoms with Crippen molar-refractivity contribution in [3.8, 4) is 0 Å². The Kier molecular flexibility index (Phi) is 4.17. The molecular formula is C20H17NO3S2. The first-order valence-corrected chi connectivity index (χ1v) is 10.6. The number of anilines is 1. The number of carbonyl (C=O) groups is 1. The molecule has 132 valence electrons. The molecule has 6 heteroatoms. The van der Waals surface area contributed by atoms with Crippen LogP contribution in [0.4, 0.5) is 5.69 Å². The quantitative estimate of drug-likeness (QED) is 0.731. The predicted octanol–water partition coefficient (Wildman–Crippen LogP) is 4.36. The van der Waals surface area contributed by atoms with Crippen molar-refractivity contribution in [1.82, 2.24) is 0 Å². The third-order valence-corrected chi connectivity index (χ3v) is 7.58. The lowest BCUT2D eigenvalue weighted by Gasteiger charge is -2.24. The minimum Gasteiger partial charge on any atom is -0.324 e. The summed E-state index contributed by atoms with van der Waals surface area (Å²) in [5, 5.41) is 4.43.